The van der Waals surface area contributed by atoms with Crippen LogP contribution in [0.1, 0.15) is 23.2 Å². The fourth-order valence-electron chi connectivity index (χ4n) is 2.97. The Hall–Kier alpha value is -2.34. The number of ether oxygens (including phenoxy) is 1. The van der Waals surface area contributed by atoms with E-state index in [1.807, 2.05) is 0 Å². The second-order valence-electron chi connectivity index (χ2n) is 6.71. The second kappa shape index (κ2) is 9.73. The zero-order chi connectivity index (χ0) is 20.7. The maximum atomic E-state index is 12.6. The van der Waals surface area contributed by atoms with Crippen LogP contribution < -0.4 is 4.74 Å². The zero-order valence-corrected chi connectivity index (χ0v) is 17.2. The Morgan fingerprint density at radius 1 is 1.39 bits per heavy atom. The van der Waals surface area contributed by atoms with E-state index >= 15 is 0 Å². The average Bonchev–Trinajstić information content (AvgIpc) is 2.68. The van der Waals surface area contributed by atoms with Gasteiger partial charge in [-0.05, 0) is 31.0 Å². The molecule has 8 heteroatoms. The van der Waals surface area contributed by atoms with Gasteiger partial charge in [0.25, 0.3) is 16.1 Å². The van der Waals surface area contributed by atoms with Crippen molar-refractivity contribution in [3.63, 3.8) is 0 Å². The topological polar surface area (TPSA) is 70.2 Å². The van der Waals surface area contributed by atoms with Crippen LogP contribution >= 0.6 is 0 Å². The Morgan fingerprint density at radius 2 is 2.07 bits per heavy atom. The van der Waals surface area contributed by atoms with Crippen LogP contribution in [-0.2, 0) is 10.2 Å². The van der Waals surface area contributed by atoms with Crippen molar-refractivity contribution in [1.29, 1.82) is 0 Å². The van der Waals surface area contributed by atoms with E-state index in [9.17, 15) is 13.2 Å². The fourth-order valence-corrected chi connectivity index (χ4v) is 4.11. The van der Waals surface area contributed by atoms with Gasteiger partial charge in [-0.1, -0.05) is 18.1 Å². The molecule has 1 aromatic rings. The highest BCUT2D eigenvalue weighted by Gasteiger charge is 2.30. The lowest BCUT2D eigenvalue weighted by Gasteiger charge is -2.32. The molecule has 1 heterocycles. The smallest absolute Gasteiger partial charge is 0.281 e. The SMILES string of the molecule is C#CCN(CC=C)C(=O)c1cccc(OC2CCN(S(=O)(=O)N(C)C)CC2)c1. The number of amides is 1. The molecule has 0 atom stereocenters. The van der Waals surface area contributed by atoms with E-state index in [0.717, 1.165) is 0 Å². The summed E-state index contributed by atoms with van der Waals surface area (Å²) in [4.78, 5) is 14.2. The summed E-state index contributed by atoms with van der Waals surface area (Å²) in [6.07, 6.45) is 8.04. The Balaban J connectivity index is 2.01. The van der Waals surface area contributed by atoms with E-state index in [-0.39, 0.29) is 18.6 Å². The second-order valence-corrected chi connectivity index (χ2v) is 8.86. The average molecular weight is 406 g/mol. The van der Waals surface area contributed by atoms with Gasteiger partial charge in [0.1, 0.15) is 11.9 Å². The van der Waals surface area contributed by atoms with Gasteiger partial charge in [-0.15, -0.1) is 13.0 Å². The minimum Gasteiger partial charge on any atom is -0.490 e. The van der Waals surface area contributed by atoms with Gasteiger partial charge in [0.05, 0.1) is 6.54 Å². The fraction of sp³-hybridized carbons (Fsp3) is 0.450. The first-order valence-electron chi connectivity index (χ1n) is 9.07. The highest BCUT2D eigenvalue weighted by molar-refractivity contribution is 7.86. The van der Waals surface area contributed by atoms with Gasteiger partial charge in [0, 0.05) is 39.3 Å². The molecular formula is C20H27N3O4S. The van der Waals surface area contributed by atoms with Gasteiger partial charge >= 0.3 is 0 Å². The summed E-state index contributed by atoms with van der Waals surface area (Å²) in [5, 5.41) is 0. The molecule has 2 rings (SSSR count). The van der Waals surface area contributed by atoms with Crippen molar-refractivity contribution in [2.75, 3.05) is 40.3 Å². The number of nitrogens with zero attached hydrogens (tertiary/aromatic N) is 3. The normalized spacial score (nSPS) is 15.8. The van der Waals surface area contributed by atoms with Crippen LogP contribution in [0.3, 0.4) is 0 Å². The highest BCUT2D eigenvalue weighted by Crippen LogP contribution is 2.22. The van der Waals surface area contributed by atoms with Crippen molar-refractivity contribution in [1.82, 2.24) is 13.5 Å². The molecule has 0 spiro atoms. The largest absolute Gasteiger partial charge is 0.490 e. The van der Waals surface area contributed by atoms with Crippen molar-refractivity contribution in [2.24, 2.45) is 0 Å². The third-order valence-corrected chi connectivity index (χ3v) is 6.43. The first-order valence-corrected chi connectivity index (χ1v) is 10.5. The van der Waals surface area contributed by atoms with Gasteiger partial charge in [-0.2, -0.15) is 17.0 Å². The van der Waals surface area contributed by atoms with Gasteiger partial charge in [-0.3, -0.25) is 4.79 Å². The van der Waals surface area contributed by atoms with E-state index in [0.29, 0.717) is 43.8 Å². The summed E-state index contributed by atoms with van der Waals surface area (Å²) in [5.41, 5.74) is 0.488. The molecule has 152 valence electrons. The molecule has 1 fully saturated rings. The summed E-state index contributed by atoms with van der Waals surface area (Å²) in [7, 11) is -0.350. The highest BCUT2D eigenvalue weighted by atomic mass is 32.2. The van der Waals surface area contributed by atoms with E-state index in [2.05, 4.69) is 12.5 Å². The zero-order valence-electron chi connectivity index (χ0n) is 16.4. The molecule has 0 radical (unpaired) electrons. The van der Waals surface area contributed by atoms with Gasteiger partial charge < -0.3 is 9.64 Å². The third-order valence-electron chi connectivity index (χ3n) is 4.49. The number of benzene rings is 1. The standard InChI is InChI=1S/C20H27N3O4S/c1-5-12-22(13-6-2)20(24)17-8-7-9-19(16-17)27-18-10-14-23(15-11-18)28(25,26)21(3)4/h1,6-9,16,18H,2,10-15H2,3-4H3. The first kappa shape index (κ1) is 22.0. The number of hydrogen-bond acceptors (Lipinski definition) is 4. The first-order chi connectivity index (χ1) is 13.3. The minimum absolute atomic E-state index is 0.103. The monoisotopic (exact) mass is 405 g/mol. The number of carbonyl (C=O) groups excluding carboxylic acids is 1. The third kappa shape index (κ3) is 5.35. The molecular weight excluding hydrogens is 378 g/mol. The van der Waals surface area contributed by atoms with Gasteiger partial charge in [0.15, 0.2) is 0 Å². The number of terminal acetylenes is 1. The van der Waals surface area contributed by atoms with Crippen molar-refractivity contribution in [3.8, 4) is 18.1 Å². The number of hydrogen-bond donors (Lipinski definition) is 0. The van der Waals surface area contributed by atoms with Crippen LogP contribution in [-0.4, -0.2) is 74.2 Å². The number of piperidine rings is 1. The van der Waals surface area contributed by atoms with E-state index in [1.165, 1.54) is 27.6 Å². The quantitative estimate of drug-likeness (QED) is 0.487. The summed E-state index contributed by atoms with van der Waals surface area (Å²) < 4.78 is 33.1. The van der Waals surface area contributed by atoms with Crippen LogP contribution in [0.25, 0.3) is 0 Å². The summed E-state index contributed by atoms with van der Waals surface area (Å²) in [6, 6.07) is 6.96. The predicted molar refractivity (Wildman–Crippen MR) is 109 cm³/mol. The van der Waals surface area contributed by atoms with Gasteiger partial charge in [0.2, 0.25) is 0 Å². The molecule has 28 heavy (non-hydrogen) atoms. The Labute approximate surface area is 167 Å². The lowest BCUT2D eigenvalue weighted by molar-refractivity contribution is 0.0791. The molecule has 0 aliphatic carbocycles. The molecule has 1 aliphatic rings. The molecule has 0 aromatic heterocycles. The van der Waals surface area contributed by atoms with Crippen LogP contribution in [0.4, 0.5) is 0 Å². The van der Waals surface area contributed by atoms with Crippen molar-refractivity contribution in [2.45, 2.75) is 18.9 Å². The van der Waals surface area contributed by atoms with Crippen LogP contribution in [0.15, 0.2) is 36.9 Å². The molecule has 1 aliphatic heterocycles. The van der Waals surface area contributed by atoms with Crippen molar-refractivity contribution < 1.29 is 17.9 Å². The minimum atomic E-state index is -3.40. The van der Waals surface area contributed by atoms with Crippen LogP contribution in [0, 0.1) is 12.3 Å². The van der Waals surface area contributed by atoms with E-state index < -0.39 is 10.2 Å². The maximum absolute atomic E-state index is 12.6. The van der Waals surface area contributed by atoms with Crippen molar-refractivity contribution >= 4 is 16.1 Å². The molecule has 7 nitrogen and oxygen atoms in total. The molecule has 1 amide bonds. The Morgan fingerprint density at radius 3 is 2.64 bits per heavy atom. The van der Waals surface area contributed by atoms with E-state index in [4.69, 9.17) is 11.2 Å². The summed E-state index contributed by atoms with van der Waals surface area (Å²) >= 11 is 0. The summed E-state index contributed by atoms with van der Waals surface area (Å²) in [5.74, 6) is 2.87. The van der Waals surface area contributed by atoms with E-state index in [1.54, 1.807) is 30.3 Å². The Kier molecular flexibility index (Phi) is 7.63. The van der Waals surface area contributed by atoms with Gasteiger partial charge in [-0.25, -0.2) is 0 Å². The van der Waals surface area contributed by atoms with Crippen LogP contribution in [0.5, 0.6) is 5.75 Å². The number of rotatable bonds is 8. The Bertz CT molecular complexity index is 837. The summed E-state index contributed by atoms with van der Waals surface area (Å²) in [6.45, 7) is 5.03. The molecule has 0 bridgehead atoms. The molecule has 0 N–H and O–H groups in total. The lowest BCUT2D eigenvalue weighted by atomic mass is 10.1. The lowest BCUT2D eigenvalue weighted by Crippen LogP contribution is -2.46. The molecule has 1 aromatic carbocycles. The maximum Gasteiger partial charge on any atom is 0.281 e. The molecule has 1 saturated heterocycles. The predicted octanol–water partition coefficient (Wildman–Crippen LogP) is 1.60. The molecule has 0 unspecified atom stereocenters. The van der Waals surface area contributed by atoms with Crippen molar-refractivity contribution in [3.05, 3.63) is 42.5 Å². The number of carbonyl (C=O) groups is 1. The van der Waals surface area contributed by atoms with Crippen LogP contribution in [0.2, 0.25) is 0 Å². The molecule has 0 saturated carbocycles.